The van der Waals surface area contributed by atoms with Crippen LogP contribution in [0.1, 0.15) is 16.7 Å². The number of rotatable bonds is 4. The van der Waals surface area contributed by atoms with Crippen molar-refractivity contribution in [3.05, 3.63) is 45.1 Å². The molecule has 0 saturated carbocycles. The first kappa shape index (κ1) is 13.6. The first-order valence-corrected chi connectivity index (χ1v) is 8.04. The average Bonchev–Trinajstić information content (AvgIpc) is 2.98. The van der Waals surface area contributed by atoms with Crippen molar-refractivity contribution in [2.24, 2.45) is 0 Å². The fourth-order valence-corrected chi connectivity index (χ4v) is 3.60. The number of nitrogens with one attached hydrogen (secondary N) is 1. The second kappa shape index (κ2) is 5.54. The van der Waals surface area contributed by atoms with Crippen LogP contribution in [0.3, 0.4) is 0 Å². The minimum Gasteiger partial charge on any atom is -0.364 e. The standard InChI is InChI=1S/C14H15BrN4S/c1-9(7-11-4-3-10(2)20-11)17-13-14-16-5-6-19(14)8-12(15)18-13/h3-6,8-9H,7H2,1-2H3,(H,17,18). The lowest BCUT2D eigenvalue weighted by molar-refractivity contribution is 0.793. The van der Waals surface area contributed by atoms with E-state index in [1.165, 1.54) is 9.75 Å². The maximum absolute atomic E-state index is 4.49. The van der Waals surface area contributed by atoms with Crippen molar-refractivity contribution in [1.82, 2.24) is 14.4 Å². The van der Waals surface area contributed by atoms with Gasteiger partial charge in [-0.25, -0.2) is 9.97 Å². The summed E-state index contributed by atoms with van der Waals surface area (Å²) < 4.78 is 2.76. The summed E-state index contributed by atoms with van der Waals surface area (Å²) in [7, 11) is 0. The van der Waals surface area contributed by atoms with Gasteiger partial charge in [-0.15, -0.1) is 11.3 Å². The number of halogens is 1. The van der Waals surface area contributed by atoms with Crippen molar-refractivity contribution < 1.29 is 0 Å². The number of aryl methyl sites for hydroxylation is 1. The van der Waals surface area contributed by atoms with Crippen molar-refractivity contribution in [2.75, 3.05) is 5.32 Å². The van der Waals surface area contributed by atoms with E-state index < -0.39 is 0 Å². The Morgan fingerprint density at radius 1 is 1.45 bits per heavy atom. The van der Waals surface area contributed by atoms with Crippen molar-refractivity contribution in [2.45, 2.75) is 26.3 Å². The molecule has 0 aliphatic heterocycles. The molecule has 1 atom stereocenters. The molecule has 1 N–H and O–H groups in total. The molecule has 4 nitrogen and oxygen atoms in total. The molecule has 0 saturated heterocycles. The first-order chi connectivity index (χ1) is 9.61. The number of anilines is 1. The fourth-order valence-electron chi connectivity index (χ4n) is 2.18. The molecule has 3 aromatic rings. The van der Waals surface area contributed by atoms with Crippen LogP contribution in [0.4, 0.5) is 5.82 Å². The van der Waals surface area contributed by atoms with Gasteiger partial charge in [0, 0.05) is 40.8 Å². The van der Waals surface area contributed by atoms with E-state index in [0.717, 1.165) is 22.5 Å². The summed E-state index contributed by atoms with van der Waals surface area (Å²) in [5.41, 5.74) is 0.849. The van der Waals surface area contributed by atoms with Crippen molar-refractivity contribution in [3.8, 4) is 0 Å². The molecule has 0 amide bonds. The molecular weight excluding hydrogens is 336 g/mol. The number of aromatic nitrogens is 3. The molecule has 1 unspecified atom stereocenters. The van der Waals surface area contributed by atoms with Gasteiger partial charge in [0.15, 0.2) is 11.5 Å². The Labute approximate surface area is 130 Å². The van der Waals surface area contributed by atoms with Crippen molar-refractivity contribution in [1.29, 1.82) is 0 Å². The van der Waals surface area contributed by atoms with Gasteiger partial charge in [0.2, 0.25) is 0 Å². The zero-order chi connectivity index (χ0) is 14.1. The summed E-state index contributed by atoms with van der Waals surface area (Å²) in [5.74, 6) is 0.810. The largest absolute Gasteiger partial charge is 0.364 e. The van der Waals surface area contributed by atoms with Crippen molar-refractivity contribution in [3.63, 3.8) is 0 Å². The monoisotopic (exact) mass is 350 g/mol. The first-order valence-electron chi connectivity index (χ1n) is 6.43. The van der Waals surface area contributed by atoms with Gasteiger partial charge in [-0.1, -0.05) is 0 Å². The second-order valence-electron chi connectivity index (χ2n) is 4.83. The molecule has 3 rings (SSSR count). The summed E-state index contributed by atoms with van der Waals surface area (Å²) in [6.07, 6.45) is 6.59. The number of hydrogen-bond acceptors (Lipinski definition) is 4. The molecule has 0 fully saturated rings. The third-order valence-corrected chi connectivity index (χ3v) is 4.44. The Kier molecular flexibility index (Phi) is 3.76. The van der Waals surface area contributed by atoms with E-state index in [-0.39, 0.29) is 0 Å². The molecule has 0 aliphatic carbocycles. The molecule has 0 aliphatic rings. The Balaban J connectivity index is 1.80. The highest BCUT2D eigenvalue weighted by Crippen LogP contribution is 2.21. The van der Waals surface area contributed by atoms with Crippen LogP contribution in [0, 0.1) is 6.92 Å². The van der Waals surface area contributed by atoms with Crippen LogP contribution in [0.15, 0.2) is 35.3 Å². The van der Waals surface area contributed by atoms with E-state index in [1.54, 1.807) is 6.20 Å². The molecule has 0 spiro atoms. The lowest BCUT2D eigenvalue weighted by Gasteiger charge is -2.14. The number of thiophene rings is 1. The van der Waals surface area contributed by atoms with E-state index in [4.69, 9.17) is 0 Å². The normalized spacial score (nSPS) is 12.8. The third-order valence-electron chi connectivity index (χ3n) is 3.03. The molecule has 3 heterocycles. The van der Waals surface area contributed by atoms with Gasteiger partial charge >= 0.3 is 0 Å². The fraction of sp³-hybridized carbons (Fsp3) is 0.286. The predicted molar refractivity (Wildman–Crippen MR) is 86.5 cm³/mol. The van der Waals surface area contributed by atoms with E-state index >= 15 is 0 Å². The van der Waals surface area contributed by atoms with Gasteiger partial charge in [0.25, 0.3) is 0 Å². The summed E-state index contributed by atoms with van der Waals surface area (Å²) in [5, 5.41) is 3.45. The van der Waals surface area contributed by atoms with Crippen LogP contribution in [0.2, 0.25) is 0 Å². The van der Waals surface area contributed by atoms with Crippen molar-refractivity contribution >= 4 is 38.7 Å². The molecule has 6 heteroatoms. The van der Waals surface area contributed by atoms with Crippen LogP contribution in [0.5, 0.6) is 0 Å². The molecule has 104 valence electrons. The molecule has 0 radical (unpaired) electrons. The minimum atomic E-state index is 0.301. The highest BCUT2D eigenvalue weighted by molar-refractivity contribution is 9.10. The van der Waals surface area contributed by atoms with Crippen LogP contribution < -0.4 is 5.32 Å². The summed E-state index contributed by atoms with van der Waals surface area (Å²) >= 11 is 5.27. The number of nitrogens with zero attached hydrogens (tertiary/aromatic N) is 3. The molecule has 0 bridgehead atoms. The van der Waals surface area contributed by atoms with Gasteiger partial charge in [0.1, 0.15) is 4.60 Å². The molecular formula is C14H15BrN4S. The maximum atomic E-state index is 4.49. The minimum absolute atomic E-state index is 0.301. The number of imidazole rings is 1. The van der Waals surface area contributed by atoms with Gasteiger partial charge in [0.05, 0.1) is 0 Å². The quantitative estimate of drug-likeness (QED) is 0.775. The Morgan fingerprint density at radius 3 is 3.05 bits per heavy atom. The molecule has 20 heavy (non-hydrogen) atoms. The van der Waals surface area contributed by atoms with E-state index in [1.807, 2.05) is 28.1 Å². The van der Waals surface area contributed by atoms with Gasteiger partial charge in [-0.05, 0) is 41.9 Å². The zero-order valence-corrected chi connectivity index (χ0v) is 13.7. The summed E-state index contributed by atoms with van der Waals surface area (Å²) in [6, 6.07) is 4.66. The van der Waals surface area contributed by atoms with Crippen LogP contribution in [-0.2, 0) is 6.42 Å². The average molecular weight is 351 g/mol. The van der Waals surface area contributed by atoms with E-state index in [9.17, 15) is 0 Å². The van der Waals surface area contributed by atoms with Crippen LogP contribution in [-0.4, -0.2) is 20.4 Å². The Morgan fingerprint density at radius 2 is 2.30 bits per heavy atom. The topological polar surface area (TPSA) is 42.2 Å². The highest BCUT2D eigenvalue weighted by Gasteiger charge is 2.11. The lowest BCUT2D eigenvalue weighted by Crippen LogP contribution is -2.19. The number of fused-ring (bicyclic) bond motifs is 1. The number of hydrogen-bond donors (Lipinski definition) is 1. The van der Waals surface area contributed by atoms with Crippen LogP contribution in [0.25, 0.3) is 5.65 Å². The highest BCUT2D eigenvalue weighted by atomic mass is 79.9. The second-order valence-corrected chi connectivity index (χ2v) is 7.02. The van der Waals surface area contributed by atoms with E-state index in [0.29, 0.717) is 6.04 Å². The third kappa shape index (κ3) is 2.86. The lowest BCUT2D eigenvalue weighted by atomic mass is 10.2. The Hall–Kier alpha value is -1.40. The summed E-state index contributed by atoms with van der Waals surface area (Å²) in [4.78, 5) is 11.6. The van der Waals surface area contributed by atoms with Gasteiger partial charge < -0.3 is 9.72 Å². The maximum Gasteiger partial charge on any atom is 0.180 e. The summed E-state index contributed by atoms with van der Waals surface area (Å²) in [6.45, 7) is 4.30. The SMILES string of the molecule is Cc1ccc(CC(C)Nc2nc(Br)cn3ccnc23)s1. The smallest absolute Gasteiger partial charge is 0.180 e. The molecule has 0 aromatic carbocycles. The Bertz CT molecular complexity index is 734. The zero-order valence-electron chi connectivity index (χ0n) is 11.3. The van der Waals surface area contributed by atoms with E-state index in [2.05, 4.69) is 57.2 Å². The van der Waals surface area contributed by atoms with Crippen LogP contribution >= 0.6 is 27.3 Å². The molecule has 3 aromatic heterocycles. The van der Waals surface area contributed by atoms with Gasteiger partial charge in [-0.2, -0.15) is 0 Å². The van der Waals surface area contributed by atoms with Gasteiger partial charge in [-0.3, -0.25) is 0 Å². The predicted octanol–water partition coefficient (Wildman–Crippen LogP) is 3.90.